The summed E-state index contributed by atoms with van der Waals surface area (Å²) in [4.78, 5) is 30.6. The van der Waals surface area contributed by atoms with Crippen molar-refractivity contribution in [3.05, 3.63) is 54.4 Å². The SMILES string of the molecule is CCOc1ccc(NC(=O)C2CC2C(=O)N(C)CCc2ccncc2)cc1. The number of ether oxygens (including phenoxy) is 1. The largest absolute Gasteiger partial charge is 0.494 e. The molecule has 1 aliphatic rings. The third kappa shape index (κ3) is 5.06. The van der Waals surface area contributed by atoms with Crippen molar-refractivity contribution in [2.24, 2.45) is 11.8 Å². The first kappa shape index (κ1) is 18.9. The van der Waals surface area contributed by atoms with Crippen LogP contribution in [0.3, 0.4) is 0 Å². The van der Waals surface area contributed by atoms with E-state index in [0.29, 0.717) is 25.3 Å². The number of nitrogens with zero attached hydrogens (tertiary/aromatic N) is 2. The predicted molar refractivity (Wildman–Crippen MR) is 103 cm³/mol. The normalized spacial score (nSPS) is 17.9. The number of likely N-dealkylation sites (N-methyl/N-ethyl adjacent to an activating group) is 1. The maximum Gasteiger partial charge on any atom is 0.228 e. The van der Waals surface area contributed by atoms with Crippen molar-refractivity contribution >= 4 is 17.5 Å². The molecule has 1 heterocycles. The van der Waals surface area contributed by atoms with Gasteiger partial charge in [-0.1, -0.05) is 0 Å². The number of hydrogen-bond acceptors (Lipinski definition) is 4. The van der Waals surface area contributed by atoms with E-state index in [0.717, 1.165) is 17.7 Å². The quantitative estimate of drug-likeness (QED) is 0.779. The molecule has 2 amide bonds. The predicted octanol–water partition coefficient (Wildman–Crippen LogP) is 2.76. The van der Waals surface area contributed by atoms with Crippen molar-refractivity contribution in [3.63, 3.8) is 0 Å². The van der Waals surface area contributed by atoms with Crippen LogP contribution in [0.5, 0.6) is 5.75 Å². The molecule has 0 radical (unpaired) electrons. The number of hydrogen-bond donors (Lipinski definition) is 1. The van der Waals surface area contributed by atoms with E-state index in [1.54, 1.807) is 24.3 Å². The Labute approximate surface area is 159 Å². The molecule has 2 unspecified atom stereocenters. The molecule has 142 valence electrons. The highest BCUT2D eigenvalue weighted by Gasteiger charge is 2.48. The molecule has 1 saturated carbocycles. The van der Waals surface area contributed by atoms with Gasteiger partial charge in [-0.3, -0.25) is 14.6 Å². The van der Waals surface area contributed by atoms with Crippen LogP contribution in [0.4, 0.5) is 5.69 Å². The lowest BCUT2D eigenvalue weighted by molar-refractivity contribution is -0.132. The zero-order chi connectivity index (χ0) is 19.2. The van der Waals surface area contributed by atoms with Crippen molar-refractivity contribution in [1.82, 2.24) is 9.88 Å². The molecule has 2 aromatic rings. The average Bonchev–Trinajstić information content (AvgIpc) is 3.49. The molecule has 0 aliphatic heterocycles. The number of aromatic nitrogens is 1. The van der Waals surface area contributed by atoms with Crippen LogP contribution in [0.2, 0.25) is 0 Å². The summed E-state index contributed by atoms with van der Waals surface area (Å²) in [5, 5.41) is 2.88. The molecular weight excluding hydrogens is 342 g/mol. The van der Waals surface area contributed by atoms with Crippen LogP contribution in [0.15, 0.2) is 48.8 Å². The van der Waals surface area contributed by atoms with Gasteiger partial charge in [0.25, 0.3) is 0 Å². The fourth-order valence-electron chi connectivity index (χ4n) is 3.03. The van der Waals surface area contributed by atoms with E-state index in [-0.39, 0.29) is 23.7 Å². The summed E-state index contributed by atoms with van der Waals surface area (Å²) in [6.07, 6.45) is 4.89. The van der Waals surface area contributed by atoms with Crippen molar-refractivity contribution in [1.29, 1.82) is 0 Å². The fourth-order valence-corrected chi connectivity index (χ4v) is 3.03. The Balaban J connectivity index is 1.46. The highest BCUT2D eigenvalue weighted by molar-refractivity contribution is 5.99. The lowest BCUT2D eigenvalue weighted by Crippen LogP contribution is -2.31. The van der Waals surface area contributed by atoms with Gasteiger partial charge in [-0.05, 0) is 61.7 Å². The van der Waals surface area contributed by atoms with Crippen LogP contribution in [0, 0.1) is 11.8 Å². The van der Waals surface area contributed by atoms with Gasteiger partial charge in [-0.15, -0.1) is 0 Å². The second-order valence-electron chi connectivity index (χ2n) is 6.76. The van der Waals surface area contributed by atoms with Crippen molar-refractivity contribution in [2.75, 3.05) is 25.5 Å². The van der Waals surface area contributed by atoms with Gasteiger partial charge >= 0.3 is 0 Å². The minimum absolute atomic E-state index is 0.0379. The molecule has 3 rings (SSSR count). The van der Waals surface area contributed by atoms with Crippen LogP contribution in [0.25, 0.3) is 0 Å². The molecule has 0 saturated heterocycles. The Bertz CT molecular complexity index is 777. The Morgan fingerprint density at radius 1 is 1.15 bits per heavy atom. The summed E-state index contributed by atoms with van der Waals surface area (Å²) in [5.74, 6) is 0.254. The van der Waals surface area contributed by atoms with Crippen LogP contribution < -0.4 is 10.1 Å². The van der Waals surface area contributed by atoms with Gasteiger partial charge in [-0.25, -0.2) is 0 Å². The number of carbonyl (C=O) groups excluding carboxylic acids is 2. The highest BCUT2D eigenvalue weighted by Crippen LogP contribution is 2.40. The summed E-state index contributed by atoms with van der Waals surface area (Å²) in [6.45, 7) is 3.16. The third-order valence-electron chi connectivity index (χ3n) is 4.74. The molecule has 0 spiro atoms. The molecule has 27 heavy (non-hydrogen) atoms. The Morgan fingerprint density at radius 2 is 1.85 bits per heavy atom. The number of anilines is 1. The molecule has 1 aromatic carbocycles. The monoisotopic (exact) mass is 367 g/mol. The van der Waals surface area contributed by atoms with Gasteiger partial charge < -0.3 is 15.0 Å². The molecule has 1 aliphatic carbocycles. The van der Waals surface area contributed by atoms with Gasteiger partial charge in [0.15, 0.2) is 0 Å². The molecule has 1 aromatic heterocycles. The van der Waals surface area contributed by atoms with Gasteiger partial charge in [0.1, 0.15) is 5.75 Å². The van der Waals surface area contributed by atoms with Crippen LogP contribution in [-0.2, 0) is 16.0 Å². The number of rotatable bonds is 8. The molecule has 6 heteroatoms. The Hall–Kier alpha value is -2.89. The average molecular weight is 367 g/mol. The van der Waals surface area contributed by atoms with E-state index in [4.69, 9.17) is 4.74 Å². The van der Waals surface area contributed by atoms with Gasteiger partial charge in [0.2, 0.25) is 11.8 Å². The van der Waals surface area contributed by atoms with Crippen LogP contribution in [-0.4, -0.2) is 41.9 Å². The third-order valence-corrected chi connectivity index (χ3v) is 4.74. The van der Waals surface area contributed by atoms with Crippen LogP contribution >= 0.6 is 0 Å². The van der Waals surface area contributed by atoms with Crippen LogP contribution in [0.1, 0.15) is 18.9 Å². The molecule has 6 nitrogen and oxygen atoms in total. The van der Waals surface area contributed by atoms with E-state index in [2.05, 4.69) is 10.3 Å². The van der Waals surface area contributed by atoms with E-state index in [1.807, 2.05) is 43.3 Å². The lowest BCUT2D eigenvalue weighted by atomic mass is 10.2. The smallest absolute Gasteiger partial charge is 0.228 e. The fraction of sp³-hybridized carbons (Fsp3) is 0.381. The van der Waals surface area contributed by atoms with Crippen molar-refractivity contribution in [3.8, 4) is 5.75 Å². The molecule has 0 bridgehead atoms. The summed E-state index contributed by atoms with van der Waals surface area (Å²) in [6, 6.07) is 11.2. The minimum atomic E-state index is -0.243. The van der Waals surface area contributed by atoms with Gasteiger partial charge in [0, 0.05) is 31.7 Å². The zero-order valence-electron chi connectivity index (χ0n) is 15.7. The first-order chi connectivity index (χ1) is 13.1. The second kappa shape index (κ2) is 8.66. The van der Waals surface area contributed by atoms with E-state index in [1.165, 1.54) is 0 Å². The van der Waals surface area contributed by atoms with Gasteiger partial charge in [-0.2, -0.15) is 0 Å². The second-order valence-corrected chi connectivity index (χ2v) is 6.76. The first-order valence-electron chi connectivity index (χ1n) is 9.26. The molecular formula is C21H25N3O3. The molecule has 1 N–H and O–H groups in total. The first-order valence-corrected chi connectivity index (χ1v) is 9.26. The summed E-state index contributed by atoms with van der Waals surface area (Å²) < 4.78 is 5.39. The topological polar surface area (TPSA) is 71.5 Å². The van der Waals surface area contributed by atoms with Crippen molar-refractivity contribution in [2.45, 2.75) is 19.8 Å². The standard InChI is InChI=1S/C21H25N3O3/c1-3-27-17-6-4-16(5-7-17)23-20(25)18-14-19(18)21(26)24(2)13-10-15-8-11-22-12-9-15/h4-9,11-12,18-19H,3,10,13-14H2,1-2H3,(H,23,25). The summed E-state index contributed by atoms with van der Waals surface area (Å²) in [7, 11) is 1.79. The minimum Gasteiger partial charge on any atom is -0.494 e. The molecule has 1 fully saturated rings. The van der Waals surface area contributed by atoms with Crippen molar-refractivity contribution < 1.29 is 14.3 Å². The molecule has 2 atom stereocenters. The van der Waals surface area contributed by atoms with E-state index in [9.17, 15) is 9.59 Å². The maximum atomic E-state index is 12.5. The summed E-state index contributed by atoms with van der Waals surface area (Å²) in [5.41, 5.74) is 1.86. The lowest BCUT2D eigenvalue weighted by Gasteiger charge is -2.17. The summed E-state index contributed by atoms with van der Waals surface area (Å²) >= 11 is 0. The van der Waals surface area contributed by atoms with E-state index >= 15 is 0 Å². The van der Waals surface area contributed by atoms with Gasteiger partial charge in [0.05, 0.1) is 18.4 Å². The number of nitrogens with one attached hydrogen (secondary N) is 1. The number of benzene rings is 1. The zero-order valence-corrected chi connectivity index (χ0v) is 15.7. The Morgan fingerprint density at radius 3 is 2.52 bits per heavy atom. The number of amides is 2. The maximum absolute atomic E-state index is 12.5. The number of carbonyl (C=O) groups is 2. The number of pyridine rings is 1. The van der Waals surface area contributed by atoms with E-state index < -0.39 is 0 Å². The Kier molecular flexibility index (Phi) is 6.06. The highest BCUT2D eigenvalue weighted by atomic mass is 16.5.